The summed E-state index contributed by atoms with van der Waals surface area (Å²) in [5.41, 5.74) is 0. The van der Waals surface area contributed by atoms with E-state index in [9.17, 15) is 4.79 Å². The maximum Gasteiger partial charge on any atom is 0.261 e. The molecule has 1 aliphatic rings. The molecule has 112 valence electrons. The lowest BCUT2D eigenvalue weighted by molar-refractivity contribution is 0.0917. The summed E-state index contributed by atoms with van der Waals surface area (Å²) in [5, 5.41) is 5.07. The highest BCUT2D eigenvalue weighted by Gasteiger charge is 2.22. The van der Waals surface area contributed by atoms with E-state index in [1.54, 1.807) is 0 Å². The van der Waals surface area contributed by atoms with E-state index < -0.39 is 0 Å². The smallest absolute Gasteiger partial charge is 0.261 e. The lowest BCUT2D eigenvalue weighted by Crippen LogP contribution is -2.46. The third-order valence-electron chi connectivity index (χ3n) is 3.89. The van der Waals surface area contributed by atoms with Crippen LogP contribution in [0.1, 0.15) is 49.2 Å². The van der Waals surface area contributed by atoms with Crippen molar-refractivity contribution in [3.05, 3.63) is 22.4 Å². The van der Waals surface area contributed by atoms with Crippen LogP contribution in [-0.4, -0.2) is 36.5 Å². The molecule has 0 radical (unpaired) electrons. The van der Waals surface area contributed by atoms with Crippen LogP contribution in [0.5, 0.6) is 0 Å². The third-order valence-corrected chi connectivity index (χ3v) is 4.76. The first kappa shape index (κ1) is 15.5. The minimum atomic E-state index is 0.0748. The number of hydrogen-bond acceptors (Lipinski definition) is 3. The minimum absolute atomic E-state index is 0.0748. The predicted octanol–water partition coefficient (Wildman–Crippen LogP) is 3.38. The van der Waals surface area contributed by atoms with Crippen molar-refractivity contribution in [2.45, 2.75) is 45.6 Å². The number of hydrogen-bond donors (Lipinski definition) is 1. The molecule has 1 atom stereocenters. The van der Waals surface area contributed by atoms with E-state index in [1.165, 1.54) is 43.7 Å². The third kappa shape index (κ3) is 4.60. The molecule has 2 heterocycles. The molecule has 0 aliphatic carbocycles. The van der Waals surface area contributed by atoms with Gasteiger partial charge in [0.1, 0.15) is 0 Å². The van der Waals surface area contributed by atoms with Crippen LogP contribution in [0, 0.1) is 5.92 Å². The van der Waals surface area contributed by atoms with Gasteiger partial charge < -0.3 is 5.32 Å². The molecule has 1 saturated heterocycles. The Kier molecular flexibility index (Phi) is 6.05. The number of amides is 1. The van der Waals surface area contributed by atoms with Crippen LogP contribution in [0.2, 0.25) is 0 Å². The first-order valence-corrected chi connectivity index (χ1v) is 8.60. The van der Waals surface area contributed by atoms with E-state index in [-0.39, 0.29) is 5.91 Å². The summed E-state index contributed by atoms with van der Waals surface area (Å²) in [7, 11) is 0. The van der Waals surface area contributed by atoms with Gasteiger partial charge in [-0.15, -0.1) is 11.3 Å². The zero-order valence-electron chi connectivity index (χ0n) is 12.6. The van der Waals surface area contributed by atoms with Crippen molar-refractivity contribution in [1.82, 2.24) is 10.2 Å². The maximum atomic E-state index is 12.1. The summed E-state index contributed by atoms with van der Waals surface area (Å²) in [6, 6.07) is 4.30. The van der Waals surface area contributed by atoms with E-state index in [0.717, 1.165) is 17.8 Å². The predicted molar refractivity (Wildman–Crippen MR) is 85.3 cm³/mol. The first-order valence-electron chi connectivity index (χ1n) is 7.72. The quantitative estimate of drug-likeness (QED) is 0.872. The van der Waals surface area contributed by atoms with Crippen molar-refractivity contribution < 1.29 is 4.79 Å². The minimum Gasteiger partial charge on any atom is -0.350 e. The van der Waals surface area contributed by atoms with Crippen LogP contribution >= 0.6 is 11.3 Å². The van der Waals surface area contributed by atoms with Gasteiger partial charge in [-0.25, -0.2) is 0 Å². The van der Waals surface area contributed by atoms with E-state index in [0.29, 0.717) is 12.0 Å². The van der Waals surface area contributed by atoms with E-state index in [1.807, 2.05) is 17.5 Å². The van der Waals surface area contributed by atoms with Gasteiger partial charge in [0.05, 0.1) is 4.88 Å². The Hall–Kier alpha value is -0.870. The van der Waals surface area contributed by atoms with Crippen LogP contribution in [0.4, 0.5) is 0 Å². The van der Waals surface area contributed by atoms with Crippen molar-refractivity contribution in [3.8, 4) is 0 Å². The van der Waals surface area contributed by atoms with Crippen molar-refractivity contribution in [2.24, 2.45) is 5.92 Å². The average molecular weight is 294 g/mol. The Morgan fingerprint density at radius 3 is 2.70 bits per heavy atom. The van der Waals surface area contributed by atoms with Crippen LogP contribution in [0.25, 0.3) is 0 Å². The second-order valence-corrected chi connectivity index (χ2v) is 7.02. The summed E-state index contributed by atoms with van der Waals surface area (Å²) in [4.78, 5) is 15.4. The molecule has 1 aromatic rings. The van der Waals surface area contributed by atoms with Gasteiger partial charge in [0, 0.05) is 12.6 Å². The molecule has 1 amide bonds. The van der Waals surface area contributed by atoms with Gasteiger partial charge in [0.25, 0.3) is 5.91 Å². The second kappa shape index (κ2) is 7.79. The molecule has 20 heavy (non-hydrogen) atoms. The highest BCUT2D eigenvalue weighted by Crippen LogP contribution is 2.17. The number of rotatable bonds is 6. The Balaban J connectivity index is 1.88. The fourth-order valence-electron chi connectivity index (χ4n) is 2.89. The summed E-state index contributed by atoms with van der Waals surface area (Å²) < 4.78 is 0. The zero-order chi connectivity index (χ0) is 14.4. The van der Waals surface area contributed by atoms with Crippen LogP contribution in [-0.2, 0) is 0 Å². The number of thiophene rings is 1. The highest BCUT2D eigenvalue weighted by atomic mass is 32.1. The van der Waals surface area contributed by atoms with Crippen molar-refractivity contribution in [3.63, 3.8) is 0 Å². The fourth-order valence-corrected chi connectivity index (χ4v) is 3.53. The summed E-state index contributed by atoms with van der Waals surface area (Å²) >= 11 is 1.51. The number of piperidine rings is 1. The Bertz CT molecular complexity index is 397. The lowest BCUT2D eigenvalue weighted by atomic mass is 9.99. The van der Waals surface area contributed by atoms with Crippen molar-refractivity contribution in [2.75, 3.05) is 19.6 Å². The van der Waals surface area contributed by atoms with Gasteiger partial charge in [0.15, 0.2) is 0 Å². The van der Waals surface area contributed by atoms with Crippen molar-refractivity contribution >= 4 is 17.2 Å². The highest BCUT2D eigenvalue weighted by molar-refractivity contribution is 7.12. The van der Waals surface area contributed by atoms with Gasteiger partial charge in [-0.05, 0) is 49.7 Å². The van der Waals surface area contributed by atoms with Crippen LogP contribution < -0.4 is 5.32 Å². The number of carbonyl (C=O) groups excluding carboxylic acids is 1. The van der Waals surface area contributed by atoms with Gasteiger partial charge in [-0.3, -0.25) is 9.69 Å². The summed E-state index contributed by atoms with van der Waals surface area (Å²) in [6.07, 6.45) is 5.11. The fraction of sp³-hybridized carbons (Fsp3) is 0.688. The molecular formula is C16H26N2OS. The number of nitrogens with zero attached hydrogens (tertiary/aromatic N) is 1. The van der Waals surface area contributed by atoms with E-state index in [2.05, 4.69) is 24.1 Å². The van der Waals surface area contributed by atoms with Crippen LogP contribution in [0.15, 0.2) is 17.5 Å². The maximum absolute atomic E-state index is 12.1. The SMILES string of the molecule is CC(C)CC(CNC(=O)c1cccs1)N1CCCCC1. The molecular weight excluding hydrogens is 268 g/mol. The molecule has 0 aromatic carbocycles. The summed E-state index contributed by atoms with van der Waals surface area (Å²) in [6.45, 7) is 7.67. The van der Waals surface area contributed by atoms with Crippen LogP contribution in [0.3, 0.4) is 0 Å². The average Bonchev–Trinajstić information content (AvgIpc) is 2.98. The Labute approximate surface area is 126 Å². The standard InChI is InChI=1S/C16H26N2OS/c1-13(2)11-14(18-8-4-3-5-9-18)12-17-16(19)15-7-6-10-20-15/h6-7,10,13-14H,3-5,8-9,11-12H2,1-2H3,(H,17,19). The Morgan fingerprint density at radius 2 is 2.10 bits per heavy atom. The monoisotopic (exact) mass is 294 g/mol. The van der Waals surface area contributed by atoms with E-state index in [4.69, 9.17) is 0 Å². The van der Waals surface area contributed by atoms with Gasteiger partial charge in [-0.2, -0.15) is 0 Å². The number of likely N-dealkylation sites (tertiary alicyclic amines) is 1. The van der Waals surface area contributed by atoms with E-state index >= 15 is 0 Å². The lowest BCUT2D eigenvalue weighted by Gasteiger charge is -2.35. The first-order chi connectivity index (χ1) is 9.66. The molecule has 0 saturated carbocycles. The zero-order valence-corrected chi connectivity index (χ0v) is 13.4. The molecule has 1 fully saturated rings. The van der Waals surface area contributed by atoms with Crippen molar-refractivity contribution in [1.29, 1.82) is 0 Å². The molecule has 1 aromatic heterocycles. The normalized spacial score (nSPS) is 18.1. The summed E-state index contributed by atoms with van der Waals surface area (Å²) in [5.74, 6) is 0.742. The molecule has 1 aliphatic heterocycles. The molecule has 1 N–H and O–H groups in total. The largest absolute Gasteiger partial charge is 0.350 e. The van der Waals surface area contributed by atoms with Gasteiger partial charge >= 0.3 is 0 Å². The topological polar surface area (TPSA) is 32.3 Å². The molecule has 0 spiro atoms. The number of nitrogens with one attached hydrogen (secondary N) is 1. The molecule has 4 heteroatoms. The van der Waals surface area contributed by atoms with Gasteiger partial charge in [-0.1, -0.05) is 26.3 Å². The molecule has 2 rings (SSSR count). The second-order valence-electron chi connectivity index (χ2n) is 6.07. The van der Waals surface area contributed by atoms with Gasteiger partial charge in [0.2, 0.25) is 0 Å². The molecule has 3 nitrogen and oxygen atoms in total. The molecule has 0 bridgehead atoms. The Morgan fingerprint density at radius 1 is 1.35 bits per heavy atom. The molecule has 1 unspecified atom stereocenters. The number of carbonyl (C=O) groups is 1.